The van der Waals surface area contributed by atoms with Crippen LogP contribution >= 0.6 is 35.3 Å². The number of nitrogens with zero attached hydrogens (tertiary/aromatic N) is 2. The summed E-state index contributed by atoms with van der Waals surface area (Å²) in [5.74, 6) is -0.225. The quantitative estimate of drug-likeness (QED) is 0.0679. The van der Waals surface area contributed by atoms with Crippen LogP contribution in [0.3, 0.4) is 0 Å². The first-order valence-electron chi connectivity index (χ1n) is 12.4. The predicted octanol–water partition coefficient (Wildman–Crippen LogP) is 8.00. The molecular formula is C30H23N5O3S3. The predicted molar refractivity (Wildman–Crippen MR) is 171 cm³/mol. The maximum absolute atomic E-state index is 13.5. The van der Waals surface area contributed by atoms with Crippen molar-refractivity contribution in [1.29, 1.82) is 0 Å². The molecule has 1 aromatic heterocycles. The lowest BCUT2D eigenvalue weighted by Gasteiger charge is -2.17. The van der Waals surface area contributed by atoms with Gasteiger partial charge in [0.15, 0.2) is 10.2 Å². The van der Waals surface area contributed by atoms with Crippen molar-refractivity contribution in [2.24, 2.45) is 0 Å². The van der Waals surface area contributed by atoms with Gasteiger partial charge in [-0.1, -0.05) is 60.7 Å². The van der Waals surface area contributed by atoms with Gasteiger partial charge in [-0.25, -0.2) is 4.98 Å². The second-order valence-corrected chi connectivity index (χ2v) is 11.2. The van der Waals surface area contributed by atoms with Crippen LogP contribution in [0, 0.1) is 10.1 Å². The van der Waals surface area contributed by atoms with Crippen LogP contribution in [0.2, 0.25) is 0 Å². The van der Waals surface area contributed by atoms with Gasteiger partial charge in [0.2, 0.25) is 5.91 Å². The topological polar surface area (TPSA) is 109 Å². The van der Waals surface area contributed by atoms with E-state index in [0.29, 0.717) is 21.5 Å². The number of nitro benzene ring substituents is 1. The van der Waals surface area contributed by atoms with Crippen LogP contribution in [0.4, 0.5) is 22.2 Å². The monoisotopic (exact) mass is 597 g/mol. The SMILES string of the molecule is O=C(Nc1nc(-c2cccc([N+](=O)[O-])c2)cs1)C(Sc1ccc(NC(=S)Nc2ccccc2)cc1)c1ccccc1. The van der Waals surface area contributed by atoms with Crippen LogP contribution in [0.5, 0.6) is 0 Å². The third-order valence-electron chi connectivity index (χ3n) is 5.83. The normalized spacial score (nSPS) is 11.3. The lowest BCUT2D eigenvalue weighted by atomic mass is 10.1. The van der Waals surface area contributed by atoms with Crippen LogP contribution in [0.1, 0.15) is 10.8 Å². The molecule has 0 aliphatic carbocycles. The van der Waals surface area contributed by atoms with Gasteiger partial charge >= 0.3 is 0 Å². The van der Waals surface area contributed by atoms with Crippen molar-refractivity contribution in [3.63, 3.8) is 0 Å². The van der Waals surface area contributed by atoms with Gasteiger partial charge < -0.3 is 16.0 Å². The molecule has 4 aromatic carbocycles. The first-order valence-corrected chi connectivity index (χ1v) is 14.6. The summed E-state index contributed by atoms with van der Waals surface area (Å²) in [5.41, 5.74) is 3.71. The molecule has 1 heterocycles. The number of aromatic nitrogens is 1. The molecule has 0 spiro atoms. The van der Waals surface area contributed by atoms with E-state index >= 15 is 0 Å². The van der Waals surface area contributed by atoms with Gasteiger partial charge in [0.05, 0.1) is 10.6 Å². The summed E-state index contributed by atoms with van der Waals surface area (Å²) >= 11 is 8.10. The third-order valence-corrected chi connectivity index (χ3v) is 8.05. The van der Waals surface area contributed by atoms with Gasteiger partial charge in [0.25, 0.3) is 5.69 Å². The zero-order chi connectivity index (χ0) is 28.6. The molecule has 0 aliphatic heterocycles. The maximum Gasteiger partial charge on any atom is 0.270 e. The first-order chi connectivity index (χ1) is 19.9. The molecule has 0 bridgehead atoms. The summed E-state index contributed by atoms with van der Waals surface area (Å²) in [5, 5.41) is 22.5. The molecule has 0 saturated carbocycles. The van der Waals surface area contributed by atoms with E-state index in [0.717, 1.165) is 21.8 Å². The second-order valence-electron chi connectivity index (χ2n) is 8.71. The molecule has 0 aliphatic rings. The summed E-state index contributed by atoms with van der Waals surface area (Å²) in [6.07, 6.45) is 0. The Balaban J connectivity index is 1.27. The Morgan fingerprint density at radius 1 is 0.854 bits per heavy atom. The van der Waals surface area contributed by atoms with E-state index in [4.69, 9.17) is 12.2 Å². The number of nitrogens with one attached hydrogen (secondary N) is 3. The highest BCUT2D eigenvalue weighted by molar-refractivity contribution is 8.00. The number of non-ortho nitro benzene ring substituents is 1. The molecule has 3 N–H and O–H groups in total. The number of thiocarbonyl (C=S) groups is 1. The van der Waals surface area contributed by atoms with Crippen molar-refractivity contribution < 1.29 is 9.72 Å². The van der Waals surface area contributed by atoms with Gasteiger partial charge in [0.1, 0.15) is 5.25 Å². The first kappa shape index (κ1) is 28.0. The Hall–Kier alpha value is -4.58. The number of para-hydroxylation sites is 1. The van der Waals surface area contributed by atoms with Gasteiger partial charge in [0, 0.05) is 39.3 Å². The molecule has 41 heavy (non-hydrogen) atoms. The van der Waals surface area contributed by atoms with Crippen molar-refractivity contribution in [3.05, 3.63) is 130 Å². The summed E-state index contributed by atoms with van der Waals surface area (Å²) in [6, 6.07) is 33.1. The molecule has 8 nitrogen and oxygen atoms in total. The van der Waals surface area contributed by atoms with E-state index in [2.05, 4.69) is 20.9 Å². The van der Waals surface area contributed by atoms with Crippen molar-refractivity contribution in [2.75, 3.05) is 16.0 Å². The highest BCUT2D eigenvalue weighted by Gasteiger charge is 2.23. The van der Waals surface area contributed by atoms with Crippen molar-refractivity contribution in [3.8, 4) is 11.3 Å². The third kappa shape index (κ3) is 7.54. The molecule has 1 unspecified atom stereocenters. The Labute approximate surface area is 250 Å². The lowest BCUT2D eigenvalue weighted by Crippen LogP contribution is -2.19. The molecule has 1 amide bonds. The average molecular weight is 598 g/mol. The summed E-state index contributed by atoms with van der Waals surface area (Å²) in [7, 11) is 0. The number of thiazole rings is 1. The van der Waals surface area contributed by atoms with Crippen molar-refractivity contribution in [2.45, 2.75) is 10.1 Å². The number of anilines is 3. The largest absolute Gasteiger partial charge is 0.332 e. The molecule has 0 saturated heterocycles. The average Bonchev–Trinajstić information content (AvgIpc) is 3.46. The molecule has 1 atom stereocenters. The number of nitro groups is 1. The molecular weight excluding hydrogens is 575 g/mol. The molecule has 5 rings (SSSR count). The van der Waals surface area contributed by atoms with E-state index < -0.39 is 10.2 Å². The molecule has 0 radical (unpaired) electrons. The van der Waals surface area contributed by atoms with Crippen LogP contribution in [0.15, 0.2) is 119 Å². The number of carbonyl (C=O) groups is 1. The summed E-state index contributed by atoms with van der Waals surface area (Å²) in [6.45, 7) is 0. The van der Waals surface area contributed by atoms with Crippen LogP contribution in [-0.4, -0.2) is 20.9 Å². The maximum atomic E-state index is 13.5. The minimum atomic E-state index is -0.541. The number of thioether (sulfide) groups is 1. The fraction of sp³-hybridized carbons (Fsp3) is 0.0333. The second kappa shape index (κ2) is 13.2. The Morgan fingerprint density at radius 3 is 2.20 bits per heavy atom. The molecule has 0 fully saturated rings. The number of hydrogen-bond donors (Lipinski definition) is 3. The standard InChI is InChI=1S/C30H23N5O3S3/c36-28(34-30-33-26(19-40-30)21-10-7-13-24(18-21)35(37)38)27(20-8-3-1-4-9-20)41-25-16-14-23(15-17-25)32-29(39)31-22-11-5-2-6-12-22/h1-19,27H,(H2,31,32,39)(H,33,34,36). The van der Waals surface area contributed by atoms with Gasteiger partial charge in [-0.3, -0.25) is 14.9 Å². The van der Waals surface area contributed by atoms with Crippen LogP contribution in [-0.2, 0) is 4.79 Å². The van der Waals surface area contributed by atoms with E-state index in [9.17, 15) is 14.9 Å². The molecule has 11 heteroatoms. The zero-order valence-electron chi connectivity index (χ0n) is 21.4. The molecule has 5 aromatic rings. The number of rotatable bonds is 9. The van der Waals surface area contributed by atoms with Crippen LogP contribution < -0.4 is 16.0 Å². The zero-order valence-corrected chi connectivity index (χ0v) is 23.8. The number of hydrogen-bond acceptors (Lipinski definition) is 7. The van der Waals surface area contributed by atoms with Gasteiger partial charge in [-0.05, 0) is 54.2 Å². The highest BCUT2D eigenvalue weighted by atomic mass is 32.2. The lowest BCUT2D eigenvalue weighted by molar-refractivity contribution is -0.384. The van der Waals surface area contributed by atoms with E-state index in [1.54, 1.807) is 17.5 Å². The van der Waals surface area contributed by atoms with Crippen LogP contribution in [0.25, 0.3) is 11.3 Å². The van der Waals surface area contributed by atoms with Crippen molar-refractivity contribution >= 4 is 68.5 Å². The Bertz CT molecular complexity index is 1660. The number of carbonyl (C=O) groups excluding carboxylic acids is 1. The number of benzene rings is 4. The van der Waals surface area contributed by atoms with E-state index in [-0.39, 0.29) is 11.6 Å². The minimum Gasteiger partial charge on any atom is -0.332 e. The van der Waals surface area contributed by atoms with Crippen molar-refractivity contribution in [1.82, 2.24) is 4.98 Å². The fourth-order valence-electron chi connectivity index (χ4n) is 3.88. The summed E-state index contributed by atoms with van der Waals surface area (Å²) in [4.78, 5) is 29.6. The smallest absolute Gasteiger partial charge is 0.270 e. The van der Waals surface area contributed by atoms with E-state index in [1.165, 1.54) is 35.2 Å². The minimum absolute atomic E-state index is 0.0165. The highest BCUT2D eigenvalue weighted by Crippen LogP contribution is 2.37. The van der Waals surface area contributed by atoms with E-state index in [1.807, 2.05) is 84.9 Å². The fourth-order valence-corrected chi connectivity index (χ4v) is 5.86. The van der Waals surface area contributed by atoms with Gasteiger partial charge in [-0.15, -0.1) is 23.1 Å². The Morgan fingerprint density at radius 2 is 1.51 bits per heavy atom. The van der Waals surface area contributed by atoms with Gasteiger partial charge in [-0.2, -0.15) is 0 Å². The molecule has 204 valence electrons. The Kier molecular flexibility index (Phi) is 8.99. The number of amides is 1. The summed E-state index contributed by atoms with van der Waals surface area (Å²) < 4.78 is 0.